The quantitative estimate of drug-likeness (QED) is 0.343. The Morgan fingerprint density at radius 2 is 1.80 bits per heavy atom. The Morgan fingerprint density at radius 3 is 2.48 bits per heavy atom. The number of esters is 1. The van der Waals surface area contributed by atoms with E-state index >= 15 is 0 Å². The van der Waals surface area contributed by atoms with Gasteiger partial charge in [-0.3, -0.25) is 19.2 Å². The van der Waals surface area contributed by atoms with Crippen molar-refractivity contribution in [1.29, 1.82) is 0 Å². The summed E-state index contributed by atoms with van der Waals surface area (Å²) >= 11 is 0. The predicted molar refractivity (Wildman–Crippen MR) is 172 cm³/mol. The van der Waals surface area contributed by atoms with Crippen LogP contribution in [0.5, 0.6) is 0 Å². The second-order valence-corrected chi connectivity index (χ2v) is 13.2. The van der Waals surface area contributed by atoms with Crippen molar-refractivity contribution in [2.75, 3.05) is 26.7 Å². The summed E-state index contributed by atoms with van der Waals surface area (Å²) in [4.78, 5) is 61.8. The van der Waals surface area contributed by atoms with Crippen molar-refractivity contribution in [2.45, 2.75) is 95.7 Å². The zero-order chi connectivity index (χ0) is 33.2. The highest BCUT2D eigenvalue weighted by molar-refractivity contribution is 5.99. The van der Waals surface area contributed by atoms with Gasteiger partial charge >= 0.3 is 5.97 Å². The van der Waals surface area contributed by atoms with Crippen LogP contribution in [-0.4, -0.2) is 100 Å². The highest BCUT2D eigenvalue weighted by atomic mass is 16.6. The SMILES string of the molecule is CCCCN1C/C=C\CCC(=O)N(C)[C@H](C)[C@@H](c2ccccc2)OC(=O)[C@@H]2[C@@H]3C=C[C@]4(O3)[C@H](C1=O)N([C@@H](CO)[C@@H](C)CC)C(=O)[C@@H]24. The molecule has 9 atom stereocenters. The smallest absolute Gasteiger partial charge is 0.313 e. The van der Waals surface area contributed by atoms with E-state index in [1.165, 1.54) is 4.90 Å². The topological polar surface area (TPSA) is 117 Å². The molecule has 10 heteroatoms. The number of allylic oxidation sites excluding steroid dienone is 1. The molecule has 4 heterocycles. The van der Waals surface area contributed by atoms with Crippen LogP contribution in [0, 0.1) is 17.8 Å². The number of nitrogens with zero attached hydrogens (tertiary/aromatic N) is 3. The standard InChI is InChI=1S/C36H49N3O7/c1-6-8-20-38-21-14-10-13-17-28(41)37(5)24(4)31(25-15-11-9-12-16-25)45-35(44)29-27-18-19-36(46-27)30(29)33(42)39(32(36)34(38)43)26(22-40)23(3)7-2/h9-12,14-16,18-19,23-24,26-27,29-32,40H,6-8,13,17,20-22H2,1-5H3/b14-10-/t23-,24+,26-,27-,29+,30+,31-,32-,36+/m0/s1. The van der Waals surface area contributed by atoms with E-state index in [1.807, 2.05) is 63.3 Å². The lowest BCUT2D eigenvalue weighted by atomic mass is 9.74. The van der Waals surface area contributed by atoms with Crippen molar-refractivity contribution in [2.24, 2.45) is 17.8 Å². The molecule has 3 amide bonds. The van der Waals surface area contributed by atoms with Gasteiger partial charge in [0.25, 0.3) is 0 Å². The third-order valence-electron chi connectivity index (χ3n) is 10.6. The van der Waals surface area contributed by atoms with Gasteiger partial charge in [0.1, 0.15) is 23.7 Å². The third kappa shape index (κ3) is 5.90. The van der Waals surface area contributed by atoms with Gasteiger partial charge in [0.2, 0.25) is 17.7 Å². The second kappa shape index (κ2) is 14.1. The number of rotatable bonds is 8. The number of ether oxygens (including phenoxy) is 2. The predicted octanol–water partition coefficient (Wildman–Crippen LogP) is 3.65. The van der Waals surface area contributed by atoms with Crippen LogP contribution < -0.4 is 0 Å². The molecule has 0 radical (unpaired) electrons. The molecule has 4 aliphatic heterocycles. The number of fused-ring (bicyclic) bond motifs is 2. The fraction of sp³-hybridized carbons (Fsp3) is 0.611. The van der Waals surface area contributed by atoms with Gasteiger partial charge in [-0.2, -0.15) is 0 Å². The first kappa shape index (κ1) is 33.9. The number of hydrogen-bond donors (Lipinski definition) is 1. The molecule has 0 aromatic heterocycles. The van der Waals surface area contributed by atoms with Crippen LogP contribution in [0.4, 0.5) is 0 Å². The molecular weight excluding hydrogens is 586 g/mol. The van der Waals surface area contributed by atoms with Crippen molar-refractivity contribution < 1.29 is 33.8 Å². The summed E-state index contributed by atoms with van der Waals surface area (Å²) in [7, 11) is 1.71. The molecule has 5 bridgehead atoms. The van der Waals surface area contributed by atoms with Crippen LogP contribution in [0.25, 0.3) is 0 Å². The molecule has 1 N–H and O–H groups in total. The Labute approximate surface area is 272 Å². The number of cyclic esters (lactones) is 1. The minimum Gasteiger partial charge on any atom is -0.455 e. The molecule has 0 saturated carbocycles. The summed E-state index contributed by atoms with van der Waals surface area (Å²) in [5.74, 6) is -3.44. The first-order valence-electron chi connectivity index (χ1n) is 16.9. The van der Waals surface area contributed by atoms with Crippen LogP contribution in [0.3, 0.4) is 0 Å². The van der Waals surface area contributed by atoms with Crippen molar-refractivity contribution in [3.05, 3.63) is 60.2 Å². The Balaban J connectivity index is 1.63. The monoisotopic (exact) mass is 635 g/mol. The summed E-state index contributed by atoms with van der Waals surface area (Å²) in [5, 5.41) is 10.6. The zero-order valence-corrected chi connectivity index (χ0v) is 27.7. The molecule has 5 rings (SSSR count). The first-order valence-corrected chi connectivity index (χ1v) is 16.9. The Kier molecular flexibility index (Phi) is 10.4. The lowest BCUT2D eigenvalue weighted by Gasteiger charge is -2.40. The molecule has 250 valence electrons. The van der Waals surface area contributed by atoms with Gasteiger partial charge < -0.3 is 29.3 Å². The maximum Gasteiger partial charge on any atom is 0.313 e. The molecule has 0 unspecified atom stereocenters. The molecule has 1 spiro atoms. The van der Waals surface area contributed by atoms with Gasteiger partial charge in [0.15, 0.2) is 0 Å². The number of aliphatic hydroxyl groups is 1. The average Bonchev–Trinajstić information content (AvgIpc) is 3.71. The van der Waals surface area contributed by atoms with E-state index in [1.54, 1.807) is 29.0 Å². The summed E-state index contributed by atoms with van der Waals surface area (Å²) in [6.07, 6.45) is 8.91. The van der Waals surface area contributed by atoms with Gasteiger partial charge in [-0.25, -0.2) is 0 Å². The number of aliphatic hydroxyl groups excluding tert-OH is 1. The second-order valence-electron chi connectivity index (χ2n) is 13.2. The minimum absolute atomic E-state index is 0.0903. The van der Waals surface area contributed by atoms with Crippen molar-refractivity contribution in [1.82, 2.24) is 14.7 Å². The molecule has 0 aliphatic carbocycles. The van der Waals surface area contributed by atoms with Crippen LogP contribution >= 0.6 is 0 Å². The Hall–Kier alpha value is -3.50. The molecule has 1 aromatic carbocycles. The summed E-state index contributed by atoms with van der Waals surface area (Å²) in [6, 6.07) is 7.11. The summed E-state index contributed by atoms with van der Waals surface area (Å²) in [5.41, 5.74) is -0.641. The fourth-order valence-corrected chi connectivity index (χ4v) is 7.57. The van der Waals surface area contributed by atoms with Gasteiger partial charge in [-0.05, 0) is 31.2 Å². The van der Waals surface area contributed by atoms with Gasteiger partial charge in [-0.1, -0.05) is 88.2 Å². The lowest BCUT2D eigenvalue weighted by Crippen LogP contribution is -2.59. The summed E-state index contributed by atoms with van der Waals surface area (Å²) in [6.45, 7) is 8.31. The van der Waals surface area contributed by atoms with Crippen LogP contribution in [0.15, 0.2) is 54.6 Å². The van der Waals surface area contributed by atoms with Gasteiger partial charge in [0.05, 0.1) is 30.7 Å². The number of likely N-dealkylation sites (N-methyl/N-ethyl adjacent to an activating group) is 1. The molecule has 46 heavy (non-hydrogen) atoms. The van der Waals surface area contributed by atoms with Gasteiger partial charge in [0, 0.05) is 26.6 Å². The highest BCUT2D eigenvalue weighted by Gasteiger charge is 2.74. The molecule has 4 aliphatic rings. The van der Waals surface area contributed by atoms with E-state index < -0.39 is 53.7 Å². The largest absolute Gasteiger partial charge is 0.455 e. The zero-order valence-electron chi connectivity index (χ0n) is 27.7. The van der Waals surface area contributed by atoms with E-state index in [4.69, 9.17) is 9.47 Å². The number of amides is 3. The Bertz CT molecular complexity index is 1350. The van der Waals surface area contributed by atoms with Crippen molar-refractivity contribution >= 4 is 23.7 Å². The normalized spacial score (nSPS) is 33.7. The third-order valence-corrected chi connectivity index (χ3v) is 10.6. The van der Waals surface area contributed by atoms with E-state index in [9.17, 15) is 24.3 Å². The van der Waals surface area contributed by atoms with Crippen molar-refractivity contribution in [3.63, 3.8) is 0 Å². The van der Waals surface area contributed by atoms with Crippen LogP contribution in [-0.2, 0) is 28.7 Å². The van der Waals surface area contributed by atoms with E-state index in [-0.39, 0.29) is 36.7 Å². The Morgan fingerprint density at radius 1 is 1.07 bits per heavy atom. The summed E-state index contributed by atoms with van der Waals surface area (Å²) < 4.78 is 12.9. The number of likely N-dealkylation sites (tertiary alicyclic amines) is 1. The molecule has 1 aromatic rings. The number of hydrogen-bond acceptors (Lipinski definition) is 7. The minimum atomic E-state index is -1.37. The van der Waals surface area contributed by atoms with Crippen LogP contribution in [0.2, 0.25) is 0 Å². The lowest BCUT2D eigenvalue weighted by molar-refractivity contribution is -0.164. The number of carbonyl (C=O) groups is 4. The van der Waals surface area contributed by atoms with E-state index in [0.717, 1.165) is 18.4 Å². The van der Waals surface area contributed by atoms with Crippen LogP contribution in [0.1, 0.15) is 71.5 Å². The number of unbranched alkanes of at least 4 members (excludes halogenated alkanes) is 1. The highest BCUT2D eigenvalue weighted by Crippen LogP contribution is 2.56. The maximum absolute atomic E-state index is 14.7. The van der Waals surface area contributed by atoms with Crippen molar-refractivity contribution in [3.8, 4) is 0 Å². The number of carbonyl (C=O) groups excluding carboxylic acids is 4. The molecular formula is C36H49N3O7. The molecule has 2 saturated heterocycles. The number of benzene rings is 1. The van der Waals surface area contributed by atoms with E-state index in [2.05, 4.69) is 6.92 Å². The van der Waals surface area contributed by atoms with E-state index in [0.29, 0.717) is 25.9 Å². The first-order chi connectivity index (χ1) is 22.1. The van der Waals surface area contributed by atoms with Gasteiger partial charge in [-0.15, -0.1) is 0 Å². The maximum atomic E-state index is 14.7. The molecule has 2 fully saturated rings. The molecule has 10 nitrogen and oxygen atoms in total. The fourth-order valence-electron chi connectivity index (χ4n) is 7.57. The average molecular weight is 636 g/mol.